The molecular weight excluding hydrogens is 316 g/mol. The van der Waals surface area contributed by atoms with E-state index in [2.05, 4.69) is 29.3 Å². The van der Waals surface area contributed by atoms with Crippen molar-refractivity contribution in [3.63, 3.8) is 0 Å². The lowest BCUT2D eigenvalue weighted by molar-refractivity contribution is -0.137. The van der Waals surface area contributed by atoms with Gasteiger partial charge in [-0.3, -0.25) is 9.78 Å². The Morgan fingerprint density at radius 1 is 1.04 bits per heavy atom. The molecule has 7 heteroatoms. The third-order valence-electron chi connectivity index (χ3n) is 5.30. The van der Waals surface area contributed by atoms with Crippen molar-refractivity contribution in [3.8, 4) is 0 Å². The summed E-state index contributed by atoms with van der Waals surface area (Å²) in [5.74, 6) is 1.21. The second-order valence-corrected chi connectivity index (χ2v) is 6.94. The molecule has 0 aromatic carbocycles. The molecule has 2 aliphatic heterocycles. The highest BCUT2D eigenvalue weighted by Gasteiger charge is 2.32. The molecule has 0 bridgehead atoms. The van der Waals surface area contributed by atoms with Crippen molar-refractivity contribution in [2.45, 2.75) is 31.7 Å². The Labute approximate surface area is 147 Å². The highest BCUT2D eigenvalue weighted by Crippen LogP contribution is 2.26. The average molecular weight is 340 g/mol. The van der Waals surface area contributed by atoms with Gasteiger partial charge in [-0.2, -0.15) is 0 Å². The monoisotopic (exact) mass is 340 g/mol. The summed E-state index contributed by atoms with van der Waals surface area (Å²) in [6, 6.07) is 0.347. The third kappa shape index (κ3) is 3.50. The van der Waals surface area contributed by atoms with Gasteiger partial charge in [0.2, 0.25) is 5.91 Å². The van der Waals surface area contributed by atoms with Gasteiger partial charge in [-0.05, 0) is 25.7 Å². The van der Waals surface area contributed by atoms with Crippen LogP contribution in [0.2, 0.25) is 0 Å². The van der Waals surface area contributed by atoms with Crippen LogP contribution in [0.3, 0.4) is 0 Å². The average Bonchev–Trinajstić information content (AvgIpc) is 3.23. The van der Waals surface area contributed by atoms with E-state index >= 15 is 0 Å². The van der Waals surface area contributed by atoms with Gasteiger partial charge in [-0.25, -0.2) is 9.97 Å². The lowest BCUT2D eigenvalue weighted by Crippen LogP contribution is -2.48. The number of amides is 1. The number of rotatable bonds is 3. The van der Waals surface area contributed by atoms with Crippen LogP contribution in [0.25, 0.3) is 0 Å². The maximum absolute atomic E-state index is 13.1. The van der Waals surface area contributed by atoms with Gasteiger partial charge in [0.1, 0.15) is 5.82 Å². The van der Waals surface area contributed by atoms with Gasteiger partial charge in [0.05, 0.1) is 24.5 Å². The molecule has 2 aromatic heterocycles. The molecular formula is C18H24N6O. The molecule has 2 atom stereocenters. The Morgan fingerprint density at radius 2 is 1.96 bits per heavy atom. The van der Waals surface area contributed by atoms with Crippen molar-refractivity contribution in [2.24, 2.45) is 5.92 Å². The largest absolute Gasteiger partial charge is 0.355 e. The number of likely N-dealkylation sites (tertiary alicyclic amines) is 1. The van der Waals surface area contributed by atoms with Gasteiger partial charge in [0.25, 0.3) is 0 Å². The molecule has 2 aromatic rings. The van der Waals surface area contributed by atoms with E-state index in [1.54, 1.807) is 24.8 Å². The van der Waals surface area contributed by atoms with Crippen LogP contribution in [0, 0.1) is 5.92 Å². The maximum atomic E-state index is 13.1. The van der Waals surface area contributed by atoms with Gasteiger partial charge in [-0.1, -0.05) is 0 Å². The number of nitrogens with zero attached hydrogens (tertiary/aromatic N) is 6. The van der Waals surface area contributed by atoms with Crippen LogP contribution in [0.1, 0.15) is 31.7 Å². The molecule has 0 radical (unpaired) electrons. The minimum atomic E-state index is 0.0530. The highest BCUT2D eigenvalue weighted by atomic mass is 16.2. The molecule has 25 heavy (non-hydrogen) atoms. The first-order valence-electron chi connectivity index (χ1n) is 9.08. The van der Waals surface area contributed by atoms with Crippen LogP contribution in [0.15, 0.2) is 37.3 Å². The van der Waals surface area contributed by atoms with Crippen molar-refractivity contribution < 1.29 is 4.79 Å². The van der Waals surface area contributed by atoms with Crippen LogP contribution in [0.4, 0.5) is 5.82 Å². The van der Waals surface area contributed by atoms with E-state index in [0.29, 0.717) is 11.9 Å². The second kappa shape index (κ2) is 7.21. The molecule has 0 saturated carbocycles. The van der Waals surface area contributed by atoms with Crippen molar-refractivity contribution in [2.75, 3.05) is 31.1 Å². The Bertz CT molecular complexity index is 689. The molecule has 4 rings (SSSR count). The Kier molecular flexibility index (Phi) is 4.63. The second-order valence-electron chi connectivity index (χ2n) is 6.94. The van der Waals surface area contributed by atoms with Crippen LogP contribution < -0.4 is 4.90 Å². The molecule has 2 saturated heterocycles. The minimum Gasteiger partial charge on any atom is -0.355 e. The number of imidazole rings is 1. The molecule has 0 aliphatic carbocycles. The number of carbonyl (C=O) groups excluding carboxylic acids is 1. The SMILES string of the molecule is O=C([C@H]1CCCN(c2cnccn2)C1)N1CCC[C@H](n2ccnc2)C1. The number of anilines is 1. The number of carbonyl (C=O) groups is 1. The zero-order valence-electron chi connectivity index (χ0n) is 14.4. The molecule has 7 nitrogen and oxygen atoms in total. The lowest BCUT2D eigenvalue weighted by Gasteiger charge is -2.38. The number of aromatic nitrogens is 4. The normalized spacial score (nSPS) is 24.3. The van der Waals surface area contributed by atoms with Gasteiger partial charge in [-0.15, -0.1) is 0 Å². The minimum absolute atomic E-state index is 0.0530. The molecule has 1 amide bonds. The Hall–Kier alpha value is -2.44. The summed E-state index contributed by atoms with van der Waals surface area (Å²) >= 11 is 0. The fraction of sp³-hybridized carbons (Fsp3) is 0.556. The molecule has 0 spiro atoms. The van der Waals surface area contributed by atoms with Gasteiger partial charge in [0, 0.05) is 51.0 Å². The quantitative estimate of drug-likeness (QED) is 0.852. The van der Waals surface area contributed by atoms with E-state index in [1.165, 1.54) is 0 Å². The zero-order valence-corrected chi connectivity index (χ0v) is 14.4. The molecule has 2 aliphatic rings. The summed E-state index contributed by atoms with van der Waals surface area (Å²) in [4.78, 5) is 30.0. The van der Waals surface area contributed by atoms with Crippen LogP contribution in [0.5, 0.6) is 0 Å². The fourth-order valence-corrected chi connectivity index (χ4v) is 3.98. The van der Waals surface area contributed by atoms with E-state index in [-0.39, 0.29) is 5.92 Å². The third-order valence-corrected chi connectivity index (χ3v) is 5.30. The number of piperidine rings is 2. The summed E-state index contributed by atoms with van der Waals surface area (Å²) in [6.45, 7) is 3.34. The highest BCUT2D eigenvalue weighted by molar-refractivity contribution is 5.80. The molecule has 4 heterocycles. The van der Waals surface area contributed by atoms with Gasteiger partial charge < -0.3 is 14.4 Å². The smallest absolute Gasteiger partial charge is 0.227 e. The molecule has 132 valence electrons. The predicted octanol–water partition coefficient (Wildman–Crippen LogP) is 1.75. The van der Waals surface area contributed by atoms with Crippen molar-refractivity contribution >= 4 is 11.7 Å². The van der Waals surface area contributed by atoms with E-state index in [0.717, 1.165) is 57.7 Å². The van der Waals surface area contributed by atoms with E-state index < -0.39 is 0 Å². The Morgan fingerprint density at radius 3 is 2.76 bits per heavy atom. The topological polar surface area (TPSA) is 67.2 Å². The van der Waals surface area contributed by atoms with Crippen LogP contribution in [-0.2, 0) is 4.79 Å². The number of hydrogen-bond acceptors (Lipinski definition) is 5. The first kappa shape index (κ1) is 16.1. The van der Waals surface area contributed by atoms with Gasteiger partial charge >= 0.3 is 0 Å². The molecule has 0 N–H and O–H groups in total. The van der Waals surface area contributed by atoms with Crippen LogP contribution >= 0.6 is 0 Å². The lowest BCUT2D eigenvalue weighted by atomic mass is 9.95. The summed E-state index contributed by atoms with van der Waals surface area (Å²) in [7, 11) is 0. The summed E-state index contributed by atoms with van der Waals surface area (Å²) < 4.78 is 2.13. The summed E-state index contributed by atoms with van der Waals surface area (Å²) in [6.07, 6.45) is 15.0. The van der Waals surface area contributed by atoms with Crippen molar-refractivity contribution in [1.29, 1.82) is 0 Å². The van der Waals surface area contributed by atoms with Crippen molar-refractivity contribution in [1.82, 2.24) is 24.4 Å². The van der Waals surface area contributed by atoms with Gasteiger partial charge in [0.15, 0.2) is 0 Å². The molecule has 0 unspecified atom stereocenters. The fourth-order valence-electron chi connectivity index (χ4n) is 3.98. The zero-order chi connectivity index (χ0) is 17.1. The summed E-state index contributed by atoms with van der Waals surface area (Å²) in [5, 5.41) is 0. The standard InChI is InChI=1S/C18H24N6O/c25-18(23-9-2-4-16(13-23)24-10-7-20-14-24)15-3-1-8-22(12-15)17-11-19-5-6-21-17/h5-7,10-11,14-16H,1-4,8-9,12-13H2/t15-,16-/m0/s1. The van der Waals surface area contributed by atoms with Crippen LogP contribution in [-0.4, -0.2) is 56.5 Å². The number of hydrogen-bond donors (Lipinski definition) is 0. The predicted molar refractivity (Wildman–Crippen MR) is 94.0 cm³/mol. The Balaban J connectivity index is 1.41. The van der Waals surface area contributed by atoms with E-state index in [4.69, 9.17) is 0 Å². The first-order chi connectivity index (χ1) is 12.3. The van der Waals surface area contributed by atoms with Crippen molar-refractivity contribution in [3.05, 3.63) is 37.3 Å². The summed E-state index contributed by atoms with van der Waals surface area (Å²) in [5.41, 5.74) is 0. The maximum Gasteiger partial charge on any atom is 0.227 e. The van der Waals surface area contributed by atoms with E-state index in [1.807, 2.05) is 12.5 Å². The molecule has 2 fully saturated rings. The van der Waals surface area contributed by atoms with E-state index in [9.17, 15) is 4.79 Å². The first-order valence-corrected chi connectivity index (χ1v) is 9.08.